The molecule has 7 nitrogen and oxygen atoms in total. The molecule has 130 valence electrons. The average molecular weight is 331 g/mol. The third-order valence-electron chi connectivity index (χ3n) is 5.31. The van der Waals surface area contributed by atoms with E-state index >= 15 is 0 Å². The molecule has 24 heavy (non-hydrogen) atoms. The number of carbonyl (C=O) groups is 1. The highest BCUT2D eigenvalue weighted by Crippen LogP contribution is 2.26. The zero-order valence-corrected chi connectivity index (χ0v) is 13.9. The number of pyridine rings is 1. The summed E-state index contributed by atoms with van der Waals surface area (Å²) in [5.41, 5.74) is 7.83. The first-order valence-corrected chi connectivity index (χ1v) is 8.80. The molecule has 3 aliphatic heterocycles. The van der Waals surface area contributed by atoms with Crippen molar-refractivity contribution in [2.45, 2.75) is 25.0 Å². The lowest BCUT2D eigenvalue weighted by atomic mass is 9.87. The van der Waals surface area contributed by atoms with E-state index in [9.17, 15) is 4.79 Å². The highest BCUT2D eigenvalue weighted by Gasteiger charge is 2.44. The minimum absolute atomic E-state index is 0.134. The number of likely N-dealkylation sites (tertiary alicyclic amines) is 1. The molecular weight excluding hydrogens is 306 g/mol. The molecule has 0 saturated carbocycles. The maximum absolute atomic E-state index is 12.9. The molecule has 0 radical (unpaired) electrons. The topological polar surface area (TPSA) is 69.7 Å². The molecule has 3 fully saturated rings. The Morgan fingerprint density at radius 2 is 2.17 bits per heavy atom. The van der Waals surface area contributed by atoms with E-state index < -0.39 is 0 Å². The molecule has 4 rings (SSSR count). The Labute approximate surface area is 142 Å². The van der Waals surface area contributed by atoms with Crippen LogP contribution in [0.3, 0.4) is 0 Å². The maximum atomic E-state index is 12.9. The number of nitrogens with one attached hydrogen (secondary N) is 2. The van der Waals surface area contributed by atoms with Crippen LogP contribution in [-0.4, -0.2) is 72.2 Å². The number of fused-ring (bicyclic) bond motifs is 1. The van der Waals surface area contributed by atoms with Gasteiger partial charge in [-0.2, -0.15) is 0 Å². The van der Waals surface area contributed by atoms with Crippen molar-refractivity contribution in [3.05, 3.63) is 30.1 Å². The quantitative estimate of drug-likeness (QED) is 0.786. The number of nitrogens with zero attached hydrogens (tertiary/aromatic N) is 3. The summed E-state index contributed by atoms with van der Waals surface area (Å²) < 4.78 is 5.36. The van der Waals surface area contributed by atoms with Gasteiger partial charge >= 0.3 is 0 Å². The average Bonchev–Trinajstić information content (AvgIpc) is 3.06. The highest BCUT2D eigenvalue weighted by molar-refractivity contribution is 5.82. The van der Waals surface area contributed by atoms with Gasteiger partial charge in [0.15, 0.2) is 0 Å². The number of hydrazine groups is 1. The number of amides is 1. The van der Waals surface area contributed by atoms with Crippen LogP contribution in [0, 0.1) is 5.92 Å². The zero-order valence-electron chi connectivity index (χ0n) is 13.9. The molecule has 3 atom stereocenters. The summed E-state index contributed by atoms with van der Waals surface area (Å²) in [6.07, 6.45) is 4.79. The van der Waals surface area contributed by atoms with Crippen molar-refractivity contribution in [3.63, 3.8) is 0 Å². The van der Waals surface area contributed by atoms with Crippen LogP contribution < -0.4 is 10.9 Å². The van der Waals surface area contributed by atoms with E-state index in [1.54, 1.807) is 6.20 Å². The van der Waals surface area contributed by atoms with Crippen molar-refractivity contribution in [1.29, 1.82) is 0 Å². The number of aromatic nitrogens is 1. The lowest BCUT2D eigenvalue weighted by molar-refractivity contribution is -0.138. The van der Waals surface area contributed by atoms with E-state index in [4.69, 9.17) is 4.74 Å². The van der Waals surface area contributed by atoms with Crippen LogP contribution in [0.15, 0.2) is 24.5 Å². The van der Waals surface area contributed by atoms with E-state index in [-0.39, 0.29) is 11.9 Å². The van der Waals surface area contributed by atoms with Crippen LogP contribution in [0.4, 0.5) is 0 Å². The number of hydrogen-bond acceptors (Lipinski definition) is 6. The number of carbonyl (C=O) groups excluding carboxylic acids is 1. The summed E-state index contributed by atoms with van der Waals surface area (Å²) in [5.74, 6) is 0.521. The van der Waals surface area contributed by atoms with E-state index in [2.05, 4.69) is 26.8 Å². The van der Waals surface area contributed by atoms with Crippen LogP contribution >= 0.6 is 0 Å². The number of hydrogen-bond donors (Lipinski definition) is 2. The van der Waals surface area contributed by atoms with Gasteiger partial charge in [-0.05, 0) is 18.1 Å². The van der Waals surface area contributed by atoms with E-state index in [0.29, 0.717) is 38.3 Å². The molecule has 0 bridgehead atoms. The minimum Gasteiger partial charge on any atom is -0.378 e. The summed E-state index contributed by atoms with van der Waals surface area (Å²) in [6.45, 7) is 5.57. The molecule has 7 heteroatoms. The van der Waals surface area contributed by atoms with Crippen molar-refractivity contribution in [2.24, 2.45) is 5.92 Å². The molecule has 1 aromatic heterocycles. The monoisotopic (exact) mass is 331 g/mol. The Hall–Kier alpha value is -1.54. The third-order valence-corrected chi connectivity index (χ3v) is 5.31. The first-order chi connectivity index (χ1) is 11.8. The van der Waals surface area contributed by atoms with Gasteiger partial charge < -0.3 is 9.64 Å². The van der Waals surface area contributed by atoms with Gasteiger partial charge in [0.2, 0.25) is 5.91 Å². The number of morpholine rings is 1. The second-order valence-electron chi connectivity index (χ2n) is 6.86. The normalized spacial score (nSPS) is 31.0. The first-order valence-electron chi connectivity index (χ1n) is 8.80. The van der Waals surface area contributed by atoms with Gasteiger partial charge in [0.1, 0.15) is 6.04 Å². The molecule has 0 aromatic carbocycles. The van der Waals surface area contributed by atoms with E-state index in [1.165, 1.54) is 5.56 Å². The molecule has 3 saturated heterocycles. The minimum atomic E-state index is -0.134. The summed E-state index contributed by atoms with van der Waals surface area (Å²) in [4.78, 5) is 21.4. The molecule has 3 aliphatic rings. The maximum Gasteiger partial charge on any atom is 0.241 e. The molecule has 1 amide bonds. The van der Waals surface area contributed by atoms with Gasteiger partial charge in [-0.1, -0.05) is 6.07 Å². The fourth-order valence-electron chi connectivity index (χ4n) is 3.99. The molecule has 4 heterocycles. The Kier molecular flexibility index (Phi) is 4.75. The van der Waals surface area contributed by atoms with Gasteiger partial charge in [0.25, 0.3) is 0 Å². The van der Waals surface area contributed by atoms with Gasteiger partial charge in [-0.25, -0.2) is 5.43 Å². The van der Waals surface area contributed by atoms with Crippen LogP contribution in [-0.2, 0) is 16.1 Å². The third kappa shape index (κ3) is 3.30. The van der Waals surface area contributed by atoms with E-state index in [0.717, 1.165) is 26.1 Å². The second kappa shape index (κ2) is 7.14. The van der Waals surface area contributed by atoms with Crippen LogP contribution in [0.25, 0.3) is 0 Å². The summed E-state index contributed by atoms with van der Waals surface area (Å²) in [7, 11) is 0. The Morgan fingerprint density at radius 1 is 1.29 bits per heavy atom. The van der Waals surface area contributed by atoms with Crippen LogP contribution in [0.1, 0.15) is 12.0 Å². The largest absolute Gasteiger partial charge is 0.378 e. The first kappa shape index (κ1) is 16.0. The van der Waals surface area contributed by atoms with Crippen LogP contribution in [0.2, 0.25) is 0 Å². The van der Waals surface area contributed by atoms with Crippen molar-refractivity contribution in [1.82, 2.24) is 25.6 Å². The predicted molar refractivity (Wildman–Crippen MR) is 88.9 cm³/mol. The van der Waals surface area contributed by atoms with Crippen molar-refractivity contribution >= 4 is 5.91 Å². The highest BCUT2D eigenvalue weighted by atomic mass is 16.5. The van der Waals surface area contributed by atoms with Gasteiger partial charge in [0.05, 0.1) is 13.2 Å². The molecule has 2 N–H and O–H groups in total. The molecule has 1 aromatic rings. The molecule has 3 unspecified atom stereocenters. The van der Waals surface area contributed by atoms with Gasteiger partial charge in [-0.3, -0.25) is 20.1 Å². The Morgan fingerprint density at radius 3 is 2.96 bits per heavy atom. The summed E-state index contributed by atoms with van der Waals surface area (Å²) in [6, 6.07) is 4.33. The van der Waals surface area contributed by atoms with Gasteiger partial charge in [-0.15, -0.1) is 0 Å². The fourth-order valence-corrected chi connectivity index (χ4v) is 3.99. The second-order valence-corrected chi connectivity index (χ2v) is 6.86. The Balaban J connectivity index is 1.40. The number of rotatable bonds is 3. The van der Waals surface area contributed by atoms with Crippen molar-refractivity contribution < 1.29 is 9.53 Å². The number of ether oxygens (including phenoxy) is 1. The lowest BCUT2D eigenvalue weighted by Crippen LogP contribution is -2.53. The van der Waals surface area contributed by atoms with Crippen molar-refractivity contribution in [2.75, 3.05) is 39.4 Å². The zero-order chi connectivity index (χ0) is 16.4. The predicted octanol–water partition coefficient (Wildman–Crippen LogP) is -0.393. The van der Waals surface area contributed by atoms with Crippen molar-refractivity contribution in [3.8, 4) is 0 Å². The van der Waals surface area contributed by atoms with Crippen LogP contribution in [0.5, 0.6) is 0 Å². The van der Waals surface area contributed by atoms with Gasteiger partial charge in [0, 0.05) is 57.1 Å². The lowest BCUT2D eigenvalue weighted by Gasteiger charge is -2.37. The molecule has 0 spiro atoms. The fraction of sp³-hybridized carbons (Fsp3) is 0.647. The van der Waals surface area contributed by atoms with E-state index in [1.807, 2.05) is 17.2 Å². The summed E-state index contributed by atoms with van der Waals surface area (Å²) in [5, 5.41) is 0. The SMILES string of the molecule is O=C(C1NNC2CCN(Cc3cccnc3)CC21)N1CCOCC1. The smallest absolute Gasteiger partial charge is 0.241 e. The molecule has 0 aliphatic carbocycles. The molecular formula is C17H25N5O2. The Bertz CT molecular complexity index is 563. The standard InChI is InChI=1S/C17H25N5O2/c23-17(22-6-8-24-9-7-22)16-14-12-21(5-3-15(14)19-20-16)11-13-2-1-4-18-10-13/h1-2,4,10,14-16,19-20H,3,5-9,11-12H2. The number of piperidine rings is 1. The summed E-state index contributed by atoms with van der Waals surface area (Å²) >= 11 is 0.